The van der Waals surface area contributed by atoms with Crippen LogP contribution in [0.15, 0.2) is 205 Å². The van der Waals surface area contributed by atoms with Gasteiger partial charge < -0.3 is 9.32 Å². The molecule has 1 heterocycles. The Morgan fingerprint density at radius 2 is 1.00 bits per heavy atom. The second kappa shape index (κ2) is 12.5. The normalized spacial score (nSPS) is 12.5. The Morgan fingerprint density at radius 3 is 1.83 bits per heavy atom. The van der Waals surface area contributed by atoms with E-state index in [1.54, 1.807) is 0 Å². The molecular weight excluding hydrogens is 631 g/mol. The molecule has 0 saturated heterocycles. The molecule has 0 aliphatic heterocycles. The quantitative estimate of drug-likeness (QED) is 0.175. The van der Waals surface area contributed by atoms with Crippen LogP contribution in [0.5, 0.6) is 0 Å². The van der Waals surface area contributed by atoms with E-state index in [9.17, 15) is 5.48 Å². The summed E-state index contributed by atoms with van der Waals surface area (Å²) in [6.45, 7) is 0. The largest absolute Gasteiger partial charge is 0.455 e. The minimum absolute atomic E-state index is 0.112. The van der Waals surface area contributed by atoms with Crippen LogP contribution in [0, 0.1) is 0 Å². The van der Waals surface area contributed by atoms with E-state index in [-0.39, 0.29) is 35.4 Å². The first-order valence-corrected chi connectivity index (χ1v) is 17.4. The Hall–Kier alpha value is -6.90. The number of rotatable bonds is 6. The molecule has 1 aromatic heterocycles. The lowest BCUT2D eigenvalue weighted by Crippen LogP contribution is -2.10. The summed E-state index contributed by atoms with van der Waals surface area (Å²) in [6, 6.07) is 58.0. The summed E-state index contributed by atoms with van der Waals surface area (Å²) in [5, 5.41) is 6.10. The molecule has 0 spiro atoms. The predicted octanol–water partition coefficient (Wildman–Crippen LogP) is 14.4. The lowest BCUT2D eigenvalue weighted by Gasteiger charge is -2.26. The van der Waals surface area contributed by atoms with Gasteiger partial charge in [0.25, 0.3) is 0 Å². The molecule has 0 atom stereocenters. The zero-order valence-corrected chi connectivity index (χ0v) is 28.1. The van der Waals surface area contributed by atoms with E-state index in [1.807, 2.05) is 126 Å². The van der Waals surface area contributed by atoms with Crippen molar-refractivity contribution < 1.29 is 9.90 Å². The van der Waals surface area contributed by atoms with Crippen LogP contribution in [0.1, 0.15) is 5.48 Å². The molecule has 244 valence electrons. The molecule has 9 aromatic carbocycles. The van der Waals surface area contributed by atoms with Gasteiger partial charge >= 0.3 is 0 Å². The molecule has 0 aliphatic carbocycles. The third kappa shape index (κ3) is 5.21. The summed E-state index contributed by atoms with van der Waals surface area (Å²) >= 11 is 0. The van der Waals surface area contributed by atoms with Gasteiger partial charge in [-0.2, -0.15) is 0 Å². The molecule has 0 N–H and O–H groups in total. The molecular formula is C50H33NO. The third-order valence-electron chi connectivity index (χ3n) is 9.91. The number of benzene rings is 9. The van der Waals surface area contributed by atoms with Crippen LogP contribution in [0.2, 0.25) is 0 Å². The molecule has 52 heavy (non-hydrogen) atoms. The number of anilines is 3. The lowest BCUT2D eigenvalue weighted by molar-refractivity contribution is 0.672. The van der Waals surface area contributed by atoms with Crippen LogP contribution in [-0.2, 0) is 0 Å². The van der Waals surface area contributed by atoms with Crippen LogP contribution in [0.25, 0.3) is 76.9 Å². The fourth-order valence-electron chi connectivity index (χ4n) is 7.33. The fraction of sp³-hybridized carbons (Fsp3) is 0. The number of fused-ring (bicyclic) bond motifs is 6. The first-order chi connectivity index (χ1) is 27.4. The van der Waals surface area contributed by atoms with E-state index in [2.05, 4.69) is 54.6 Å². The van der Waals surface area contributed by atoms with Crippen molar-refractivity contribution in [1.29, 1.82) is 0 Å². The van der Waals surface area contributed by atoms with Crippen molar-refractivity contribution in [1.82, 2.24) is 0 Å². The molecule has 0 fully saturated rings. The maximum absolute atomic E-state index is 9.61. The topological polar surface area (TPSA) is 16.4 Å². The maximum Gasteiger partial charge on any atom is 0.143 e. The fourth-order valence-corrected chi connectivity index (χ4v) is 7.33. The minimum atomic E-state index is -0.139. The average molecular weight is 668 g/mol. The van der Waals surface area contributed by atoms with Gasteiger partial charge in [-0.05, 0) is 104 Å². The molecule has 2 nitrogen and oxygen atoms in total. The summed E-state index contributed by atoms with van der Waals surface area (Å²) in [5.41, 5.74) is 7.87. The number of hydrogen-bond acceptors (Lipinski definition) is 2. The zero-order chi connectivity index (χ0) is 37.9. The molecule has 10 aromatic rings. The highest BCUT2D eigenvalue weighted by molar-refractivity contribution is 6.19. The molecule has 0 unspecified atom stereocenters. The van der Waals surface area contributed by atoms with Crippen molar-refractivity contribution in [2.45, 2.75) is 0 Å². The van der Waals surface area contributed by atoms with Gasteiger partial charge in [0, 0.05) is 22.1 Å². The summed E-state index contributed by atoms with van der Waals surface area (Å²) < 4.78 is 44.7. The van der Waals surface area contributed by atoms with Gasteiger partial charge in [-0.1, -0.05) is 146 Å². The molecule has 2 heteroatoms. The average Bonchev–Trinajstić information content (AvgIpc) is 3.65. The Balaban J connectivity index is 1.19. The van der Waals surface area contributed by atoms with E-state index >= 15 is 0 Å². The third-order valence-corrected chi connectivity index (χ3v) is 9.91. The van der Waals surface area contributed by atoms with Gasteiger partial charge in [-0.3, -0.25) is 0 Å². The molecule has 0 bridgehead atoms. The van der Waals surface area contributed by atoms with Gasteiger partial charge in [0.05, 0.1) is 16.6 Å². The minimum Gasteiger partial charge on any atom is -0.455 e. The summed E-state index contributed by atoms with van der Waals surface area (Å²) in [4.78, 5) is 1.86. The van der Waals surface area contributed by atoms with E-state index in [0.717, 1.165) is 54.8 Å². The van der Waals surface area contributed by atoms with Crippen LogP contribution < -0.4 is 4.90 Å². The van der Waals surface area contributed by atoms with Crippen molar-refractivity contribution in [3.8, 4) is 33.4 Å². The second-order valence-corrected chi connectivity index (χ2v) is 13.0. The number of nitrogens with zero attached hydrogens (tertiary/aromatic N) is 1. The van der Waals surface area contributed by atoms with Crippen LogP contribution in [0.3, 0.4) is 0 Å². The highest BCUT2D eigenvalue weighted by Crippen LogP contribution is 2.45. The Bertz CT molecular complexity index is 3110. The van der Waals surface area contributed by atoms with E-state index in [1.165, 1.54) is 5.39 Å². The first-order valence-electron chi connectivity index (χ1n) is 19.4. The summed E-state index contributed by atoms with van der Waals surface area (Å²) in [6.07, 6.45) is 0. The maximum atomic E-state index is 9.61. The summed E-state index contributed by atoms with van der Waals surface area (Å²) in [7, 11) is 0. The number of hydrogen-bond donors (Lipinski definition) is 0. The summed E-state index contributed by atoms with van der Waals surface area (Å²) in [5.74, 6) is 0. The van der Waals surface area contributed by atoms with Gasteiger partial charge in [-0.25, -0.2) is 0 Å². The van der Waals surface area contributed by atoms with E-state index in [4.69, 9.17) is 4.42 Å². The standard InChI is InChI=1S/C50H33NO/c1-2-10-34(11-3-1)40-15-8-16-41(32-40)36-22-27-43(28-23-36)51(44-29-24-37(25-30-44)42-21-20-35-12-4-5-14-39(35)33-42)47-18-9-19-48-49(47)46-31-26-38-13-6-7-17-45(38)50(46)52-48/h1-33H/i22D,23D,27D,28D. The van der Waals surface area contributed by atoms with E-state index in [0.29, 0.717) is 22.5 Å². The first kappa shape index (κ1) is 26.0. The van der Waals surface area contributed by atoms with Crippen LogP contribution in [-0.4, -0.2) is 0 Å². The van der Waals surface area contributed by atoms with Gasteiger partial charge in [-0.15, -0.1) is 0 Å². The van der Waals surface area contributed by atoms with Crippen LogP contribution in [0.4, 0.5) is 17.1 Å². The molecule has 0 saturated carbocycles. The van der Waals surface area contributed by atoms with Gasteiger partial charge in [0.15, 0.2) is 0 Å². The second-order valence-electron chi connectivity index (χ2n) is 13.0. The molecule has 10 rings (SSSR count). The Labute approximate surface area is 308 Å². The van der Waals surface area contributed by atoms with Crippen molar-refractivity contribution in [3.05, 3.63) is 200 Å². The predicted molar refractivity (Wildman–Crippen MR) is 220 cm³/mol. The van der Waals surface area contributed by atoms with Gasteiger partial charge in [0.2, 0.25) is 0 Å². The zero-order valence-electron chi connectivity index (χ0n) is 32.1. The Morgan fingerprint density at radius 1 is 0.385 bits per heavy atom. The van der Waals surface area contributed by atoms with Crippen molar-refractivity contribution >= 4 is 60.5 Å². The highest BCUT2D eigenvalue weighted by atomic mass is 16.3. The smallest absolute Gasteiger partial charge is 0.143 e. The van der Waals surface area contributed by atoms with Crippen LogP contribution >= 0.6 is 0 Å². The SMILES string of the molecule is [2H]c1c([2H])c(N(c2ccc(-c3ccc4ccccc4c3)cc2)c2cccc3oc4c5ccccc5ccc4c23)c([2H])c([2H])c1-c1cccc(-c2ccccc2)c1. The van der Waals surface area contributed by atoms with Crippen molar-refractivity contribution in [2.24, 2.45) is 0 Å². The lowest BCUT2D eigenvalue weighted by atomic mass is 9.98. The number of furan rings is 1. The van der Waals surface area contributed by atoms with Crippen molar-refractivity contribution in [2.75, 3.05) is 4.90 Å². The molecule has 0 aliphatic rings. The Kier molecular flexibility index (Phi) is 6.22. The van der Waals surface area contributed by atoms with Gasteiger partial charge in [0.1, 0.15) is 11.2 Å². The monoisotopic (exact) mass is 667 g/mol. The van der Waals surface area contributed by atoms with E-state index < -0.39 is 0 Å². The van der Waals surface area contributed by atoms with Crippen molar-refractivity contribution in [3.63, 3.8) is 0 Å². The molecule has 0 radical (unpaired) electrons. The molecule has 0 amide bonds. The highest BCUT2D eigenvalue weighted by Gasteiger charge is 2.20.